The van der Waals surface area contributed by atoms with Crippen molar-refractivity contribution in [2.45, 2.75) is 52.4 Å². The Bertz CT molecular complexity index is 2200. The first-order valence-corrected chi connectivity index (χ1v) is 15.2. The van der Waals surface area contributed by atoms with Crippen molar-refractivity contribution in [3.63, 3.8) is 0 Å². The van der Waals surface area contributed by atoms with Crippen molar-refractivity contribution in [3.8, 4) is 47.4 Å². The molecule has 0 spiro atoms. The molecule has 46 heavy (non-hydrogen) atoms. The van der Waals surface area contributed by atoms with E-state index in [1.807, 2.05) is 48.5 Å². The maximum absolute atomic E-state index is 4.98. The van der Waals surface area contributed by atoms with Crippen LogP contribution < -0.4 is 0 Å². The predicted octanol–water partition coefficient (Wildman–Crippen LogP) is 8.13. The SMILES string of the molecule is CC(C)(C)c1ccc(C#CC#Cc2nc3c4cccnc4c4ncccc4c3nc2C#CC#Cc2ccc(C(C)(C)C)cc2)cc1. The number of hydrogen-bond donors (Lipinski definition) is 0. The summed E-state index contributed by atoms with van der Waals surface area (Å²) in [4.78, 5) is 19.2. The molecule has 0 atom stereocenters. The van der Waals surface area contributed by atoms with Crippen LogP contribution in [0, 0.1) is 47.4 Å². The van der Waals surface area contributed by atoms with Crippen LogP contribution in [0.25, 0.3) is 32.8 Å². The fourth-order valence-electron chi connectivity index (χ4n) is 5.05. The fraction of sp³-hybridized carbons (Fsp3) is 0.190. The van der Waals surface area contributed by atoms with Crippen LogP contribution in [0.1, 0.15) is 75.2 Å². The minimum atomic E-state index is 0.0836. The molecule has 0 aliphatic heterocycles. The number of pyridine rings is 2. The lowest BCUT2D eigenvalue weighted by molar-refractivity contribution is 0.590. The summed E-state index contributed by atoms with van der Waals surface area (Å²) >= 11 is 0. The molecule has 3 heterocycles. The van der Waals surface area contributed by atoms with Crippen LogP contribution in [0.4, 0.5) is 0 Å². The molecule has 0 radical (unpaired) electrons. The third kappa shape index (κ3) is 6.44. The maximum atomic E-state index is 4.98. The molecule has 6 aromatic rings. The molecule has 4 heteroatoms. The van der Waals surface area contributed by atoms with Crippen molar-refractivity contribution >= 4 is 32.8 Å². The first-order valence-electron chi connectivity index (χ1n) is 15.2. The molecule has 0 bridgehead atoms. The van der Waals surface area contributed by atoms with E-state index in [-0.39, 0.29) is 10.8 Å². The summed E-state index contributed by atoms with van der Waals surface area (Å²) in [5.74, 6) is 24.4. The van der Waals surface area contributed by atoms with Crippen LogP contribution in [0.3, 0.4) is 0 Å². The lowest BCUT2D eigenvalue weighted by Gasteiger charge is -2.18. The van der Waals surface area contributed by atoms with E-state index < -0.39 is 0 Å². The lowest BCUT2D eigenvalue weighted by Crippen LogP contribution is -2.10. The van der Waals surface area contributed by atoms with Crippen LogP contribution >= 0.6 is 0 Å². The summed E-state index contributed by atoms with van der Waals surface area (Å²) in [5.41, 5.74) is 8.25. The third-order valence-electron chi connectivity index (χ3n) is 7.65. The van der Waals surface area contributed by atoms with Crippen molar-refractivity contribution in [1.82, 2.24) is 19.9 Å². The quantitative estimate of drug-likeness (QED) is 0.132. The molecule has 0 aliphatic carbocycles. The van der Waals surface area contributed by atoms with Crippen LogP contribution in [0.15, 0.2) is 85.2 Å². The topological polar surface area (TPSA) is 51.6 Å². The van der Waals surface area contributed by atoms with Gasteiger partial charge in [0, 0.05) is 34.3 Å². The van der Waals surface area contributed by atoms with Gasteiger partial charge < -0.3 is 0 Å². The minimum Gasteiger partial charge on any atom is -0.254 e. The van der Waals surface area contributed by atoms with Gasteiger partial charge in [0.05, 0.1) is 11.0 Å². The summed E-state index contributed by atoms with van der Waals surface area (Å²) in [6.45, 7) is 13.2. The van der Waals surface area contributed by atoms with Gasteiger partial charge in [0.2, 0.25) is 0 Å². The van der Waals surface area contributed by atoms with E-state index in [0.717, 1.165) is 32.9 Å². The normalized spacial score (nSPS) is 11.0. The van der Waals surface area contributed by atoms with Gasteiger partial charge in [0.15, 0.2) is 0 Å². The first kappa shape index (κ1) is 30.1. The Labute approximate surface area is 270 Å². The molecule has 0 aliphatic rings. The Balaban J connectivity index is 1.44. The van der Waals surface area contributed by atoms with E-state index in [9.17, 15) is 0 Å². The van der Waals surface area contributed by atoms with Gasteiger partial charge in [-0.1, -0.05) is 77.6 Å². The second kappa shape index (κ2) is 12.2. The highest BCUT2D eigenvalue weighted by atomic mass is 14.8. The average Bonchev–Trinajstić information content (AvgIpc) is 3.05. The van der Waals surface area contributed by atoms with Crippen molar-refractivity contribution in [2.24, 2.45) is 0 Å². The molecule has 3 aromatic heterocycles. The number of nitrogens with zero attached hydrogens (tertiary/aromatic N) is 4. The van der Waals surface area contributed by atoms with Crippen LogP contribution in [-0.2, 0) is 10.8 Å². The van der Waals surface area contributed by atoms with Crippen LogP contribution in [0.5, 0.6) is 0 Å². The largest absolute Gasteiger partial charge is 0.254 e. The van der Waals surface area contributed by atoms with Gasteiger partial charge in [0.25, 0.3) is 0 Å². The molecule has 0 amide bonds. The zero-order chi connectivity index (χ0) is 32.3. The van der Waals surface area contributed by atoms with Gasteiger partial charge in [-0.2, -0.15) is 0 Å². The van der Waals surface area contributed by atoms with E-state index in [1.165, 1.54) is 11.1 Å². The molecule has 0 unspecified atom stereocenters. The van der Waals surface area contributed by atoms with Gasteiger partial charge in [-0.25, -0.2) is 9.97 Å². The Hall–Kier alpha value is -5.94. The summed E-state index contributed by atoms with van der Waals surface area (Å²) in [6.07, 6.45) is 3.52. The van der Waals surface area contributed by atoms with E-state index >= 15 is 0 Å². The standard InChI is InChI=1S/C42H32N4/c1-41(2,3)31-23-19-29(20-24-31)13-7-9-17-35-36(18-10-8-14-30-21-25-32(26-22-30)42(4,5)6)46-40-34-16-12-28-44-38(34)37-33(39(40)45-35)15-11-27-43-37/h11-12,15-16,19-28H,1-6H3. The van der Waals surface area contributed by atoms with Gasteiger partial charge in [0.1, 0.15) is 22.4 Å². The number of aromatic nitrogens is 4. The fourth-order valence-corrected chi connectivity index (χ4v) is 5.05. The summed E-state index contributed by atoms with van der Waals surface area (Å²) in [5, 5.41) is 1.70. The molecular formula is C42H32N4. The molecule has 3 aromatic carbocycles. The Kier molecular flexibility index (Phi) is 7.99. The molecule has 4 nitrogen and oxygen atoms in total. The third-order valence-corrected chi connectivity index (χ3v) is 7.65. The summed E-state index contributed by atoms with van der Waals surface area (Å²) in [7, 11) is 0. The summed E-state index contributed by atoms with van der Waals surface area (Å²) in [6, 6.07) is 24.3. The van der Waals surface area contributed by atoms with Crippen molar-refractivity contribution in [3.05, 3.63) is 119 Å². The second-order valence-corrected chi connectivity index (χ2v) is 13.1. The number of benzene rings is 3. The van der Waals surface area contributed by atoms with Gasteiger partial charge in [-0.05, 0) is 106 Å². The number of rotatable bonds is 0. The molecule has 0 fully saturated rings. The van der Waals surface area contributed by atoms with Crippen LogP contribution in [-0.4, -0.2) is 19.9 Å². The Morgan fingerprint density at radius 3 is 1.17 bits per heavy atom. The zero-order valence-electron chi connectivity index (χ0n) is 26.9. The summed E-state index contributed by atoms with van der Waals surface area (Å²) < 4.78 is 0. The zero-order valence-corrected chi connectivity index (χ0v) is 26.9. The molecular weight excluding hydrogens is 560 g/mol. The second-order valence-electron chi connectivity index (χ2n) is 13.1. The molecule has 0 N–H and O–H groups in total. The molecule has 6 rings (SSSR count). The molecule has 0 saturated carbocycles. The predicted molar refractivity (Wildman–Crippen MR) is 188 cm³/mol. The number of fused-ring (bicyclic) bond motifs is 6. The smallest absolute Gasteiger partial charge is 0.149 e. The lowest BCUT2D eigenvalue weighted by atomic mass is 9.87. The van der Waals surface area contributed by atoms with Gasteiger partial charge in [-0.15, -0.1) is 0 Å². The van der Waals surface area contributed by atoms with Gasteiger partial charge >= 0.3 is 0 Å². The van der Waals surface area contributed by atoms with Crippen LogP contribution in [0.2, 0.25) is 0 Å². The molecule has 220 valence electrons. The Morgan fingerprint density at radius 2 is 0.804 bits per heavy atom. The monoisotopic (exact) mass is 592 g/mol. The van der Waals surface area contributed by atoms with Gasteiger partial charge in [-0.3, -0.25) is 9.97 Å². The van der Waals surface area contributed by atoms with Crippen molar-refractivity contribution in [1.29, 1.82) is 0 Å². The number of hydrogen-bond acceptors (Lipinski definition) is 4. The molecule has 0 saturated heterocycles. The highest BCUT2D eigenvalue weighted by Gasteiger charge is 2.16. The first-order chi connectivity index (χ1) is 22.1. The van der Waals surface area contributed by atoms with E-state index in [4.69, 9.17) is 9.97 Å². The highest BCUT2D eigenvalue weighted by molar-refractivity contribution is 6.20. The maximum Gasteiger partial charge on any atom is 0.149 e. The highest BCUT2D eigenvalue weighted by Crippen LogP contribution is 2.31. The minimum absolute atomic E-state index is 0.0836. The Morgan fingerprint density at radius 1 is 0.435 bits per heavy atom. The van der Waals surface area contributed by atoms with E-state index in [2.05, 4.69) is 123 Å². The van der Waals surface area contributed by atoms with E-state index in [1.54, 1.807) is 12.4 Å². The van der Waals surface area contributed by atoms with Crippen molar-refractivity contribution in [2.75, 3.05) is 0 Å². The average molecular weight is 593 g/mol. The van der Waals surface area contributed by atoms with E-state index in [0.29, 0.717) is 22.4 Å². The van der Waals surface area contributed by atoms with Crippen molar-refractivity contribution < 1.29 is 0 Å².